The van der Waals surface area contributed by atoms with Crippen molar-refractivity contribution in [3.8, 4) is 0 Å². The highest BCUT2D eigenvalue weighted by molar-refractivity contribution is 5.95. The molecule has 0 saturated carbocycles. The largest absolute Gasteiger partial charge is 0.352 e. The molecule has 20 heavy (non-hydrogen) atoms. The lowest BCUT2D eigenvalue weighted by Crippen LogP contribution is -2.26. The molecule has 0 radical (unpaired) electrons. The number of carbonyl (C=O) groups excluding carboxylic acids is 1. The number of hydrogen-bond acceptors (Lipinski definition) is 1. The van der Waals surface area contributed by atoms with Crippen LogP contribution in [0.1, 0.15) is 21.5 Å². The first kappa shape index (κ1) is 14.2. The van der Waals surface area contributed by atoms with Gasteiger partial charge in [0.1, 0.15) is 11.6 Å². The predicted molar refractivity (Wildman–Crippen MR) is 73.6 cm³/mol. The van der Waals surface area contributed by atoms with Crippen molar-refractivity contribution in [2.75, 3.05) is 6.54 Å². The summed E-state index contributed by atoms with van der Waals surface area (Å²) in [4.78, 5) is 11.9. The van der Waals surface area contributed by atoms with Gasteiger partial charge in [-0.15, -0.1) is 0 Å². The van der Waals surface area contributed by atoms with E-state index in [1.807, 2.05) is 0 Å². The Hall–Kier alpha value is -2.23. The van der Waals surface area contributed by atoms with Crippen LogP contribution in [0, 0.1) is 18.6 Å². The van der Waals surface area contributed by atoms with Gasteiger partial charge in [-0.05, 0) is 48.7 Å². The quantitative estimate of drug-likeness (QED) is 0.911. The smallest absolute Gasteiger partial charge is 0.251 e. The van der Waals surface area contributed by atoms with Gasteiger partial charge in [0, 0.05) is 12.1 Å². The molecule has 0 atom stereocenters. The van der Waals surface area contributed by atoms with Crippen molar-refractivity contribution in [2.45, 2.75) is 13.3 Å². The summed E-state index contributed by atoms with van der Waals surface area (Å²) >= 11 is 0. The van der Waals surface area contributed by atoms with E-state index in [9.17, 15) is 13.6 Å². The maximum Gasteiger partial charge on any atom is 0.251 e. The Morgan fingerprint density at radius 3 is 2.40 bits per heavy atom. The Balaban J connectivity index is 1.92. The van der Waals surface area contributed by atoms with E-state index in [-0.39, 0.29) is 11.7 Å². The number of halogens is 2. The molecule has 0 bridgehead atoms. The van der Waals surface area contributed by atoms with Gasteiger partial charge in [-0.2, -0.15) is 0 Å². The van der Waals surface area contributed by atoms with E-state index >= 15 is 0 Å². The van der Waals surface area contributed by atoms with E-state index in [1.165, 1.54) is 24.3 Å². The average Bonchev–Trinajstić information content (AvgIpc) is 2.43. The van der Waals surface area contributed by atoms with Crippen LogP contribution in [0.2, 0.25) is 0 Å². The molecule has 0 heterocycles. The maximum atomic E-state index is 13.1. The minimum Gasteiger partial charge on any atom is -0.352 e. The monoisotopic (exact) mass is 275 g/mol. The van der Waals surface area contributed by atoms with Crippen molar-refractivity contribution in [1.82, 2.24) is 5.32 Å². The minimum atomic E-state index is -0.431. The first-order valence-electron chi connectivity index (χ1n) is 6.35. The first-order chi connectivity index (χ1) is 9.56. The molecule has 1 amide bonds. The molecule has 104 valence electrons. The molecule has 0 saturated heterocycles. The van der Waals surface area contributed by atoms with Crippen LogP contribution in [0.25, 0.3) is 0 Å². The molecule has 0 aliphatic heterocycles. The number of amides is 1. The molecule has 0 spiro atoms. The zero-order chi connectivity index (χ0) is 14.5. The lowest BCUT2D eigenvalue weighted by Gasteiger charge is -2.08. The molecule has 0 fully saturated rings. The van der Waals surface area contributed by atoms with Crippen molar-refractivity contribution in [1.29, 1.82) is 0 Å². The minimum absolute atomic E-state index is 0.284. The molecule has 0 aromatic heterocycles. The molecule has 4 heteroatoms. The van der Waals surface area contributed by atoms with Gasteiger partial charge in [0.25, 0.3) is 5.91 Å². The zero-order valence-electron chi connectivity index (χ0n) is 11.1. The maximum absolute atomic E-state index is 13.1. The number of aryl methyl sites for hydroxylation is 1. The number of carbonyl (C=O) groups is 1. The molecule has 2 nitrogen and oxygen atoms in total. The third kappa shape index (κ3) is 3.63. The number of hydrogen-bond donors (Lipinski definition) is 1. The Labute approximate surface area is 116 Å². The van der Waals surface area contributed by atoms with Crippen molar-refractivity contribution >= 4 is 5.91 Å². The Bertz CT molecular complexity index is 608. The van der Waals surface area contributed by atoms with E-state index in [1.54, 1.807) is 25.1 Å². The summed E-state index contributed by atoms with van der Waals surface area (Å²) in [7, 11) is 0. The second-order valence-electron chi connectivity index (χ2n) is 4.59. The highest BCUT2D eigenvalue weighted by Gasteiger charge is 2.09. The van der Waals surface area contributed by atoms with Gasteiger partial charge in [-0.25, -0.2) is 8.78 Å². The molecule has 0 unspecified atom stereocenters. The summed E-state index contributed by atoms with van der Waals surface area (Å²) in [5.74, 6) is -1.02. The lowest BCUT2D eigenvalue weighted by atomic mass is 10.1. The Morgan fingerprint density at radius 2 is 1.70 bits per heavy atom. The molecule has 0 aliphatic carbocycles. The van der Waals surface area contributed by atoms with Gasteiger partial charge in [-0.3, -0.25) is 4.79 Å². The summed E-state index contributed by atoms with van der Waals surface area (Å²) in [6, 6.07) is 10.2. The SMILES string of the molecule is Cc1ccc(F)cc1C(=O)NCCc1ccc(F)cc1. The highest BCUT2D eigenvalue weighted by atomic mass is 19.1. The number of nitrogens with one attached hydrogen (secondary N) is 1. The van der Waals surface area contributed by atoms with Crippen LogP contribution in [-0.4, -0.2) is 12.5 Å². The van der Waals surface area contributed by atoms with E-state index in [2.05, 4.69) is 5.32 Å². The van der Waals surface area contributed by atoms with Crippen molar-refractivity contribution < 1.29 is 13.6 Å². The average molecular weight is 275 g/mol. The summed E-state index contributed by atoms with van der Waals surface area (Å²) in [5, 5.41) is 2.73. The van der Waals surface area contributed by atoms with Gasteiger partial charge < -0.3 is 5.32 Å². The van der Waals surface area contributed by atoms with Crippen LogP contribution < -0.4 is 5.32 Å². The summed E-state index contributed by atoms with van der Waals surface area (Å²) in [5.41, 5.74) is 2.00. The van der Waals surface area contributed by atoms with Crippen LogP contribution in [0.15, 0.2) is 42.5 Å². The van der Waals surface area contributed by atoms with Crippen molar-refractivity contribution in [3.63, 3.8) is 0 Å². The van der Waals surface area contributed by atoms with E-state index < -0.39 is 5.82 Å². The van der Waals surface area contributed by atoms with E-state index in [4.69, 9.17) is 0 Å². The Kier molecular flexibility index (Phi) is 4.45. The van der Waals surface area contributed by atoms with Crippen molar-refractivity contribution in [2.24, 2.45) is 0 Å². The molecule has 0 aliphatic rings. The fourth-order valence-corrected chi connectivity index (χ4v) is 1.91. The summed E-state index contributed by atoms with van der Waals surface area (Å²) in [6.07, 6.45) is 0.598. The van der Waals surface area contributed by atoms with Crippen LogP contribution in [0.4, 0.5) is 8.78 Å². The molecule has 1 N–H and O–H groups in total. The van der Waals surface area contributed by atoms with Gasteiger partial charge >= 0.3 is 0 Å². The first-order valence-corrected chi connectivity index (χ1v) is 6.35. The molecule has 2 rings (SSSR count). The van der Waals surface area contributed by atoms with Gasteiger partial charge in [0.15, 0.2) is 0 Å². The molecular weight excluding hydrogens is 260 g/mol. The van der Waals surface area contributed by atoms with Gasteiger partial charge in [0.2, 0.25) is 0 Å². The number of rotatable bonds is 4. The van der Waals surface area contributed by atoms with Crippen LogP contribution in [0.5, 0.6) is 0 Å². The third-order valence-corrected chi connectivity index (χ3v) is 3.06. The van der Waals surface area contributed by atoms with Crippen LogP contribution >= 0.6 is 0 Å². The zero-order valence-corrected chi connectivity index (χ0v) is 11.1. The lowest BCUT2D eigenvalue weighted by molar-refractivity contribution is 0.0953. The fourth-order valence-electron chi connectivity index (χ4n) is 1.91. The molecule has 2 aromatic rings. The van der Waals surface area contributed by atoms with Crippen LogP contribution in [0.3, 0.4) is 0 Å². The topological polar surface area (TPSA) is 29.1 Å². The number of benzene rings is 2. The predicted octanol–water partition coefficient (Wildman–Crippen LogP) is 3.25. The standard InChI is InChI=1S/C16H15F2NO/c1-11-2-5-14(18)10-15(11)16(20)19-9-8-12-3-6-13(17)7-4-12/h2-7,10H,8-9H2,1H3,(H,19,20). The van der Waals surface area contributed by atoms with Crippen LogP contribution in [-0.2, 0) is 6.42 Å². The molecular formula is C16H15F2NO. The van der Waals surface area contributed by atoms with E-state index in [0.717, 1.165) is 11.1 Å². The fraction of sp³-hybridized carbons (Fsp3) is 0.188. The van der Waals surface area contributed by atoms with Gasteiger partial charge in [0.05, 0.1) is 0 Å². The molecule has 2 aromatic carbocycles. The second-order valence-corrected chi connectivity index (χ2v) is 4.59. The second kappa shape index (κ2) is 6.28. The Morgan fingerprint density at radius 1 is 1.05 bits per heavy atom. The van der Waals surface area contributed by atoms with Gasteiger partial charge in [-0.1, -0.05) is 18.2 Å². The summed E-state index contributed by atoms with van der Waals surface area (Å²) in [6.45, 7) is 2.18. The third-order valence-electron chi connectivity index (χ3n) is 3.06. The normalized spacial score (nSPS) is 10.3. The highest BCUT2D eigenvalue weighted by Crippen LogP contribution is 2.10. The summed E-state index contributed by atoms with van der Waals surface area (Å²) < 4.78 is 25.9. The van der Waals surface area contributed by atoms with E-state index in [0.29, 0.717) is 18.5 Å². The van der Waals surface area contributed by atoms with Crippen molar-refractivity contribution in [3.05, 3.63) is 70.8 Å².